The molecule has 5 aromatic heterocycles. The fourth-order valence-corrected chi connectivity index (χ4v) is 5.32. The van der Waals surface area contributed by atoms with Gasteiger partial charge in [0.05, 0.1) is 47.8 Å². The van der Waals surface area contributed by atoms with Gasteiger partial charge in [-0.3, -0.25) is 0 Å². The molecule has 0 bridgehead atoms. The van der Waals surface area contributed by atoms with Gasteiger partial charge in [-0.2, -0.15) is 44.7 Å². The second-order valence-corrected chi connectivity index (χ2v) is 11.5. The summed E-state index contributed by atoms with van der Waals surface area (Å²) in [6.45, 7) is 3.25. The lowest BCUT2D eigenvalue weighted by molar-refractivity contribution is -0.0765. The molecule has 278 valence electrons. The van der Waals surface area contributed by atoms with Gasteiger partial charge in [0.15, 0.2) is 40.9 Å². The van der Waals surface area contributed by atoms with Crippen LogP contribution in [-0.2, 0) is 9.47 Å². The van der Waals surface area contributed by atoms with Crippen LogP contribution in [0.3, 0.4) is 0 Å². The van der Waals surface area contributed by atoms with E-state index in [9.17, 15) is 15.0 Å². The molecule has 1 atom stereocenters. The SMILES string of the molecule is COC(=O)c1cnn(-c2ccccc2)c1N=Nc1c(C)nn(-c2nc(O)nc(-n3nc(C)c(N=Nc4c(C(O)OC)cnn4-c4ccccc4)c3N)n2)c1N. The van der Waals surface area contributed by atoms with Crippen molar-refractivity contribution in [1.29, 1.82) is 0 Å². The number of esters is 1. The summed E-state index contributed by atoms with van der Waals surface area (Å²) < 4.78 is 15.1. The molecule has 22 nitrogen and oxygen atoms in total. The van der Waals surface area contributed by atoms with Crippen LogP contribution in [0.25, 0.3) is 23.3 Å². The number of aliphatic hydroxyl groups is 1. The molecule has 55 heavy (non-hydrogen) atoms. The lowest BCUT2D eigenvalue weighted by atomic mass is 10.3. The predicted molar refractivity (Wildman–Crippen MR) is 193 cm³/mol. The number of benzene rings is 2. The largest absolute Gasteiger partial charge is 0.479 e. The van der Waals surface area contributed by atoms with E-state index in [0.717, 1.165) is 9.36 Å². The summed E-state index contributed by atoms with van der Waals surface area (Å²) in [5.74, 6) is -0.946. The number of aromatic hydroxyl groups is 1. The Morgan fingerprint density at radius 3 is 1.71 bits per heavy atom. The Morgan fingerprint density at radius 2 is 1.20 bits per heavy atom. The van der Waals surface area contributed by atoms with Gasteiger partial charge in [-0.25, -0.2) is 14.2 Å². The molecule has 0 aliphatic rings. The smallest absolute Gasteiger partial charge is 0.343 e. The number of hydrogen-bond acceptors (Lipinski definition) is 18. The summed E-state index contributed by atoms with van der Waals surface area (Å²) in [5.41, 5.74) is 15.4. The van der Waals surface area contributed by atoms with Gasteiger partial charge >= 0.3 is 12.0 Å². The van der Waals surface area contributed by atoms with Crippen molar-refractivity contribution in [2.45, 2.75) is 20.1 Å². The van der Waals surface area contributed by atoms with Crippen molar-refractivity contribution in [2.75, 3.05) is 25.7 Å². The molecule has 7 aromatic rings. The number of nitrogens with two attached hydrogens (primary N) is 2. The third kappa shape index (κ3) is 6.71. The zero-order valence-electron chi connectivity index (χ0n) is 29.5. The lowest BCUT2D eigenvalue weighted by Gasteiger charge is -2.08. The van der Waals surface area contributed by atoms with Crippen LogP contribution in [0.5, 0.6) is 6.01 Å². The summed E-state index contributed by atoms with van der Waals surface area (Å²) in [4.78, 5) is 24.9. The first-order chi connectivity index (χ1) is 26.6. The maximum atomic E-state index is 12.5. The van der Waals surface area contributed by atoms with E-state index in [1.54, 1.807) is 50.2 Å². The molecular weight excluding hydrogens is 714 g/mol. The number of methoxy groups -OCH3 is 2. The number of nitrogen functional groups attached to an aromatic ring is 2. The zero-order valence-corrected chi connectivity index (χ0v) is 29.5. The molecule has 0 aliphatic carbocycles. The lowest BCUT2D eigenvalue weighted by Crippen LogP contribution is -2.13. The van der Waals surface area contributed by atoms with E-state index < -0.39 is 18.3 Å². The number of aryl methyl sites for hydroxylation is 2. The number of aromatic nitrogens is 11. The highest BCUT2D eigenvalue weighted by atomic mass is 16.6. The Kier molecular flexibility index (Phi) is 9.55. The normalized spacial score (nSPS) is 12.2. The molecule has 0 fully saturated rings. The number of ether oxygens (including phenoxy) is 2. The third-order valence-electron chi connectivity index (χ3n) is 8.01. The Labute approximate surface area is 310 Å². The van der Waals surface area contributed by atoms with E-state index in [1.807, 2.05) is 24.3 Å². The summed E-state index contributed by atoms with van der Waals surface area (Å²) in [6.07, 6.45) is 1.40. The minimum atomic E-state index is -1.34. The van der Waals surface area contributed by atoms with Gasteiger partial charge in [-0.1, -0.05) is 36.4 Å². The first-order valence-corrected chi connectivity index (χ1v) is 16.1. The van der Waals surface area contributed by atoms with E-state index >= 15 is 0 Å². The molecule has 0 spiro atoms. The standard InChI is InChI=1S/C33H31N17O5/c1-17-23(41-43-27-21(29(51)54-3)15-36-47(27)19-11-7-5-8-12-19)25(34)49(45-17)31-38-32(40-33(53)39-31)50-26(35)24(18(2)46-50)42-44-28-22(30(52)55-4)16-37-48(28)20-13-9-6-10-14-20/h5-16,29,51H,34-35H2,1-4H3,(H,38,39,40,53). The van der Waals surface area contributed by atoms with Crippen molar-refractivity contribution in [3.8, 4) is 29.3 Å². The number of aliphatic hydroxyl groups excluding tert-OH is 1. The van der Waals surface area contributed by atoms with E-state index in [2.05, 4.69) is 55.8 Å². The highest BCUT2D eigenvalue weighted by Crippen LogP contribution is 2.35. The molecule has 7 rings (SSSR count). The van der Waals surface area contributed by atoms with Gasteiger partial charge < -0.3 is 31.2 Å². The Balaban J connectivity index is 1.23. The van der Waals surface area contributed by atoms with Crippen LogP contribution in [0.4, 0.5) is 34.6 Å². The average Bonchev–Trinajstić information content (AvgIpc) is 3.96. The molecule has 2 aromatic carbocycles. The number of anilines is 2. The number of para-hydroxylation sites is 2. The van der Waals surface area contributed by atoms with Crippen LogP contribution < -0.4 is 11.5 Å². The summed E-state index contributed by atoms with van der Waals surface area (Å²) in [6, 6.07) is 17.4. The monoisotopic (exact) mass is 745 g/mol. The number of carbonyl (C=O) groups is 1. The summed E-state index contributed by atoms with van der Waals surface area (Å²) >= 11 is 0. The topological polar surface area (TPSA) is 287 Å². The molecule has 1 unspecified atom stereocenters. The predicted octanol–water partition coefficient (Wildman–Crippen LogP) is 4.36. The van der Waals surface area contributed by atoms with E-state index in [-0.39, 0.29) is 57.7 Å². The molecule has 0 aliphatic heterocycles. The molecule has 6 N–H and O–H groups in total. The van der Waals surface area contributed by atoms with Crippen LogP contribution >= 0.6 is 0 Å². The molecule has 0 radical (unpaired) electrons. The van der Waals surface area contributed by atoms with Crippen molar-refractivity contribution in [3.63, 3.8) is 0 Å². The first kappa shape index (κ1) is 35.7. The fraction of sp³-hybridized carbons (Fsp3) is 0.152. The number of carbonyl (C=O) groups excluding carboxylic acids is 1. The van der Waals surface area contributed by atoms with Crippen LogP contribution in [0.2, 0.25) is 0 Å². The molecular formula is C33H31N17O5. The molecule has 0 amide bonds. The van der Waals surface area contributed by atoms with Crippen LogP contribution in [0.1, 0.15) is 33.6 Å². The van der Waals surface area contributed by atoms with Crippen molar-refractivity contribution in [3.05, 3.63) is 95.6 Å². The number of azo groups is 2. The quantitative estimate of drug-likeness (QED) is 0.0813. The maximum Gasteiger partial charge on any atom is 0.343 e. The van der Waals surface area contributed by atoms with Gasteiger partial charge in [0.1, 0.15) is 5.56 Å². The zero-order chi connectivity index (χ0) is 38.8. The van der Waals surface area contributed by atoms with Crippen LogP contribution in [-0.4, -0.2) is 84.5 Å². The molecule has 0 saturated heterocycles. The van der Waals surface area contributed by atoms with Gasteiger partial charge in [-0.15, -0.1) is 20.5 Å². The third-order valence-corrected chi connectivity index (χ3v) is 8.01. The highest BCUT2D eigenvalue weighted by molar-refractivity contribution is 5.94. The number of rotatable bonds is 11. The van der Waals surface area contributed by atoms with E-state index in [1.165, 1.54) is 36.0 Å². The summed E-state index contributed by atoms with van der Waals surface area (Å²) in [7, 11) is 2.58. The summed E-state index contributed by atoms with van der Waals surface area (Å²) in [5, 5.41) is 55.8. The van der Waals surface area contributed by atoms with Gasteiger partial charge in [0.25, 0.3) is 11.9 Å². The Hall–Kier alpha value is -7.72. The van der Waals surface area contributed by atoms with E-state index in [0.29, 0.717) is 22.8 Å². The van der Waals surface area contributed by atoms with Crippen LogP contribution in [0.15, 0.2) is 93.5 Å². The average molecular weight is 746 g/mol. The van der Waals surface area contributed by atoms with Gasteiger partial charge in [0.2, 0.25) is 0 Å². The van der Waals surface area contributed by atoms with Crippen LogP contribution in [0, 0.1) is 13.8 Å². The van der Waals surface area contributed by atoms with Gasteiger partial charge in [-0.05, 0) is 38.1 Å². The highest BCUT2D eigenvalue weighted by Gasteiger charge is 2.24. The maximum absolute atomic E-state index is 12.5. The number of hydrogen-bond donors (Lipinski definition) is 4. The second-order valence-electron chi connectivity index (χ2n) is 11.5. The first-order valence-electron chi connectivity index (χ1n) is 16.1. The van der Waals surface area contributed by atoms with E-state index in [4.69, 9.17) is 20.9 Å². The Bertz CT molecular complexity index is 2570. The molecule has 5 heterocycles. The minimum Gasteiger partial charge on any atom is -0.479 e. The fourth-order valence-electron chi connectivity index (χ4n) is 5.32. The Morgan fingerprint density at radius 1 is 0.709 bits per heavy atom. The minimum absolute atomic E-state index is 0.0482. The second kappa shape index (κ2) is 14.7. The van der Waals surface area contributed by atoms with Crippen molar-refractivity contribution in [2.24, 2.45) is 20.5 Å². The molecule has 22 heteroatoms. The molecule has 0 saturated carbocycles. The van der Waals surface area contributed by atoms with Crippen molar-refractivity contribution in [1.82, 2.24) is 54.1 Å². The van der Waals surface area contributed by atoms with Crippen molar-refractivity contribution < 1.29 is 24.5 Å². The van der Waals surface area contributed by atoms with Gasteiger partial charge in [0, 0.05) is 7.11 Å². The van der Waals surface area contributed by atoms with Crippen molar-refractivity contribution >= 4 is 40.6 Å². The number of nitrogens with zero attached hydrogens (tertiary/aromatic N) is 15.